The molecule has 0 radical (unpaired) electrons. The van der Waals surface area contributed by atoms with Crippen LogP contribution in [0.15, 0.2) is 122 Å². The lowest BCUT2D eigenvalue weighted by Crippen LogP contribution is -2.68. The Kier molecular flexibility index (Phi) is 57.0. The molecule has 2 saturated heterocycles. The number of aromatic nitrogens is 6. The first-order valence-electron chi connectivity index (χ1n) is 49.0. The first kappa shape index (κ1) is 122. The van der Waals surface area contributed by atoms with E-state index >= 15 is 0 Å². The van der Waals surface area contributed by atoms with Gasteiger partial charge in [0.1, 0.15) is 64.8 Å². The van der Waals surface area contributed by atoms with Crippen LogP contribution < -0.4 is 52.0 Å². The Morgan fingerprint density at radius 3 is 1.19 bits per heavy atom. The average molecular weight is 2110 g/mol. The third kappa shape index (κ3) is 47.4. The van der Waals surface area contributed by atoms with E-state index in [0.717, 1.165) is 13.8 Å². The van der Waals surface area contributed by atoms with Gasteiger partial charge in [0.15, 0.2) is 0 Å². The van der Waals surface area contributed by atoms with Gasteiger partial charge in [-0.15, -0.1) is 10.2 Å². The summed E-state index contributed by atoms with van der Waals surface area (Å²) in [6.07, 6.45) is -11.0. The van der Waals surface area contributed by atoms with Crippen LogP contribution in [0.2, 0.25) is 0 Å². The van der Waals surface area contributed by atoms with Crippen molar-refractivity contribution in [2.75, 3.05) is 191 Å². The van der Waals surface area contributed by atoms with Gasteiger partial charge in [0.2, 0.25) is 35.4 Å². The predicted octanol–water partition coefficient (Wildman–Crippen LogP) is -1.40. The van der Waals surface area contributed by atoms with E-state index in [2.05, 4.69) is 63.2 Å². The lowest BCUT2D eigenvalue weighted by Gasteiger charge is -2.46. The fourth-order valence-corrected chi connectivity index (χ4v) is 14.7. The van der Waals surface area contributed by atoms with Gasteiger partial charge in [-0.25, -0.2) is 19.0 Å². The van der Waals surface area contributed by atoms with Crippen LogP contribution in [-0.2, 0) is 145 Å². The number of benzene rings is 4. The number of rotatable bonds is 80. The van der Waals surface area contributed by atoms with Crippen molar-refractivity contribution in [1.82, 2.24) is 72.5 Å². The van der Waals surface area contributed by atoms with Crippen molar-refractivity contribution in [3.63, 3.8) is 0 Å². The summed E-state index contributed by atoms with van der Waals surface area (Å²) < 4.78 is 104. The zero-order valence-electron chi connectivity index (χ0n) is 83.4. The van der Waals surface area contributed by atoms with Crippen LogP contribution in [0.25, 0.3) is 0 Å². The number of nitrogens with one attached hydrogen (secondary N) is 8. The highest BCUT2D eigenvalue weighted by molar-refractivity contribution is 5.95. The number of carbonyl (C=O) groups excluding carboxylic acids is 8. The third-order valence-corrected chi connectivity index (χ3v) is 22.2. The van der Waals surface area contributed by atoms with Crippen molar-refractivity contribution in [3.05, 3.63) is 144 Å². The van der Waals surface area contributed by atoms with E-state index in [9.17, 15) is 93.6 Å². The summed E-state index contributed by atoms with van der Waals surface area (Å²) in [5.41, 5.74) is 1.33. The maximum Gasteiger partial charge on any atom is 0.364 e. The molecule has 0 saturated carbocycles. The van der Waals surface area contributed by atoms with Crippen LogP contribution in [0.3, 0.4) is 0 Å². The SMILES string of the molecule is CC(=O)NC1C(O)CC(OCCOCCOCc2cn(CCOCCOCCC(=O)NCCCC[C@H](NC(=O)CCCNC(=O)CCOCCOCCn3cc(COCCOCCOC4(C(=O)O)CC(O)C(NC(C)=O)C([C@H](O)[C@H](O)CNC(=O)c5cccc(Oc6ccccc6)c5)O4)nn3)C(=O)NCCOCCOCCOCCOCCC(=O)O)nn2)(C(=O)O)OC1[C@H](O)[C@H](O)CNC(=O)c1cccc(Oc2ccccc2)c1. The van der Waals surface area contributed by atoms with Gasteiger partial charge in [-0.05, 0) is 86.3 Å². The van der Waals surface area contributed by atoms with Gasteiger partial charge < -0.3 is 174 Å². The molecule has 149 heavy (non-hydrogen) atoms. The number of hydrogen-bond acceptors (Lipinski definition) is 39. The Bertz CT molecular complexity index is 4940. The van der Waals surface area contributed by atoms with Gasteiger partial charge in [0.25, 0.3) is 23.4 Å². The van der Waals surface area contributed by atoms with Crippen molar-refractivity contribution >= 4 is 65.2 Å². The van der Waals surface area contributed by atoms with E-state index in [0.29, 0.717) is 66.9 Å². The number of carbonyl (C=O) groups is 11. The van der Waals surface area contributed by atoms with Crippen molar-refractivity contribution in [2.24, 2.45) is 0 Å². The molecule has 2 aliphatic heterocycles. The van der Waals surface area contributed by atoms with Gasteiger partial charge >= 0.3 is 17.9 Å². The number of amides is 8. The molecule has 0 spiro atoms. The monoisotopic (exact) mass is 2110 g/mol. The highest BCUT2D eigenvalue weighted by Gasteiger charge is 2.58. The second-order valence-corrected chi connectivity index (χ2v) is 33.9. The van der Waals surface area contributed by atoms with Gasteiger partial charge in [0, 0.05) is 89.8 Å². The largest absolute Gasteiger partial charge is 0.481 e. The average Bonchev–Trinajstić information content (AvgIpc) is 1.06. The lowest BCUT2D eigenvalue weighted by molar-refractivity contribution is -0.312. The van der Waals surface area contributed by atoms with E-state index in [4.69, 9.17) is 90.4 Å². The molecule has 17 N–H and O–H groups in total. The molecular weight excluding hydrogens is 1970 g/mol. The summed E-state index contributed by atoms with van der Waals surface area (Å²) in [7, 11) is 0. The normalized spacial score (nSPS) is 18.5. The number of aliphatic carboxylic acids is 3. The summed E-state index contributed by atoms with van der Waals surface area (Å²) in [6, 6.07) is 26.4. The van der Waals surface area contributed by atoms with Crippen LogP contribution in [-0.4, -0.2) is 411 Å². The standard InChI is InChI=1S/C97H140N14O38/c1-66(112)103-85-77(114)58-96(94(128)129,148-89(85)87(123)79(116)60-101-91(125)68-14-11-20-74(56-68)146-72-16-5-3-6-17-72)144-54-52-140-48-50-142-64-70-62-110(108-106-70)30-36-136-42-38-132-32-24-81(118)98-27-10-9-22-76(93(127)100-29-35-135-41-45-139-47-46-138-44-40-134-34-26-84(121)122)105-83(120)23-13-28-99-82(119)25-33-133-39-43-137-37-31-111-63-71(107-109-111)65-143-51-49-141-53-55-145-97(95(130)131)59-78(115)86(104-67(2)113)90(149-97)88(124)80(117)61-102-92(126)69-15-12-21-75(57-69)147-73-18-7-4-8-19-73/h3-8,11-12,14-21,56-57,62-63,76-80,85-90,114-117,123-124H,9-10,13,22-55,58-61,64-65H2,1-2H3,(H,98,118)(H,99,119)(H,100,127)(H,101,125)(H,102,126)(H,103,112)(H,104,113)(H,105,120)(H,121,122)(H,128,129)(H,130,131)/t76-,77?,78?,79+,80+,85?,86?,87+,88+,89?,90?,96?,97?/m0/s1. The van der Waals surface area contributed by atoms with E-state index in [1.807, 2.05) is 12.1 Å². The van der Waals surface area contributed by atoms with E-state index in [1.165, 1.54) is 24.3 Å². The minimum Gasteiger partial charge on any atom is -0.481 e. The van der Waals surface area contributed by atoms with Gasteiger partial charge in [-0.2, -0.15) is 0 Å². The molecule has 0 aliphatic carbocycles. The molecule has 52 heteroatoms. The van der Waals surface area contributed by atoms with Crippen LogP contribution in [0.4, 0.5) is 0 Å². The van der Waals surface area contributed by atoms with Crippen LogP contribution in [0, 0.1) is 0 Å². The molecule has 4 aromatic carbocycles. The fourth-order valence-electron chi connectivity index (χ4n) is 14.7. The number of carboxylic acids is 3. The molecule has 2 fully saturated rings. The van der Waals surface area contributed by atoms with Crippen LogP contribution in [0.5, 0.6) is 23.0 Å². The number of hydrogen-bond donors (Lipinski definition) is 17. The van der Waals surface area contributed by atoms with Crippen LogP contribution in [0.1, 0.15) is 110 Å². The van der Waals surface area contributed by atoms with Crippen LogP contribution >= 0.6 is 0 Å². The Hall–Kier alpha value is -12.0. The van der Waals surface area contributed by atoms with Gasteiger partial charge in [0.05, 0.1) is 240 Å². The van der Waals surface area contributed by atoms with E-state index in [1.54, 1.807) is 94.6 Å². The van der Waals surface area contributed by atoms with Crippen molar-refractivity contribution in [3.8, 4) is 23.0 Å². The van der Waals surface area contributed by atoms with Gasteiger partial charge in [-0.3, -0.25) is 43.2 Å². The van der Waals surface area contributed by atoms with Crippen molar-refractivity contribution < 1.29 is 184 Å². The number of aliphatic hydroxyl groups is 6. The van der Waals surface area contributed by atoms with E-state index in [-0.39, 0.29) is 246 Å². The molecule has 826 valence electrons. The van der Waals surface area contributed by atoms with Gasteiger partial charge in [-0.1, -0.05) is 59.0 Å². The van der Waals surface area contributed by atoms with Crippen molar-refractivity contribution in [2.45, 2.75) is 183 Å². The Morgan fingerprint density at radius 2 is 0.779 bits per heavy atom. The zero-order chi connectivity index (χ0) is 107. The van der Waals surface area contributed by atoms with Crippen molar-refractivity contribution in [1.29, 1.82) is 0 Å². The molecule has 8 amide bonds. The quantitative estimate of drug-likeness (QED) is 0.0195. The Labute approximate surface area is 859 Å². The first-order valence-corrected chi connectivity index (χ1v) is 49.0. The predicted molar refractivity (Wildman–Crippen MR) is 517 cm³/mol. The highest BCUT2D eigenvalue weighted by Crippen LogP contribution is 2.36. The Morgan fingerprint density at radius 1 is 0.403 bits per heavy atom. The molecule has 4 heterocycles. The second-order valence-electron chi connectivity index (χ2n) is 33.9. The number of unbranched alkanes of at least 4 members (excludes halogenated alkanes) is 1. The molecule has 8 rings (SSSR count). The number of para-hydroxylation sites is 2. The second kappa shape index (κ2) is 69.4. The number of aliphatic hydroxyl groups excluding tert-OH is 6. The lowest BCUT2D eigenvalue weighted by atomic mass is 9.88. The Balaban J connectivity index is 0.627. The van der Waals surface area contributed by atoms with E-state index < -0.39 is 158 Å². The summed E-state index contributed by atoms with van der Waals surface area (Å²) in [5.74, 6) is -11.7. The molecule has 2 aromatic heterocycles. The maximum atomic E-state index is 13.5. The molecule has 2 aliphatic rings. The topological polar surface area (TPSA) is 694 Å². The third-order valence-electron chi connectivity index (χ3n) is 22.2. The molecule has 0 bridgehead atoms. The number of carboxylic acid groups (broad SMARTS) is 3. The smallest absolute Gasteiger partial charge is 0.364 e. The first-order chi connectivity index (χ1) is 72.0. The highest BCUT2D eigenvalue weighted by atomic mass is 16.7. The molecule has 52 nitrogen and oxygen atoms in total. The number of nitrogens with zero attached hydrogens (tertiary/aromatic N) is 6. The molecule has 13 atom stereocenters. The summed E-state index contributed by atoms with van der Waals surface area (Å²) in [5, 5.41) is 134. The fraction of sp³-hybridized carbons (Fsp3) is 0.598. The zero-order valence-corrected chi connectivity index (χ0v) is 83.4. The minimum absolute atomic E-state index is 0.00338. The minimum atomic E-state index is -2.56. The number of ether oxygens (including phenoxy) is 18. The summed E-state index contributed by atoms with van der Waals surface area (Å²) in [6.45, 7) is 5.13. The maximum absolute atomic E-state index is 13.5. The molecular formula is C97H140N14O38. The summed E-state index contributed by atoms with van der Waals surface area (Å²) in [4.78, 5) is 139. The summed E-state index contributed by atoms with van der Waals surface area (Å²) >= 11 is 0. The molecule has 6 aromatic rings. The molecule has 8 unspecified atom stereocenters.